The average Bonchev–Trinajstić information content (AvgIpc) is 2.95. The van der Waals surface area contributed by atoms with Gasteiger partial charge < -0.3 is 0 Å². The van der Waals surface area contributed by atoms with E-state index in [4.69, 9.17) is 0 Å². The van der Waals surface area contributed by atoms with Gasteiger partial charge in [-0.15, -0.1) is 11.8 Å². The van der Waals surface area contributed by atoms with Gasteiger partial charge in [0.25, 0.3) is 0 Å². The fourth-order valence-electron chi connectivity index (χ4n) is 2.19. The Morgan fingerprint density at radius 3 is 3.18 bits per heavy atom. The van der Waals surface area contributed by atoms with Crippen molar-refractivity contribution < 1.29 is 0 Å². The lowest BCUT2D eigenvalue weighted by atomic mass is 10.0. The minimum atomic E-state index is 0.359. The first-order chi connectivity index (χ1) is 8.38. The number of fused-ring (bicyclic) bond motifs is 1. The molecule has 0 radical (unpaired) electrons. The van der Waals surface area contributed by atoms with E-state index in [1.165, 1.54) is 10.5 Å². The molecular weight excluding hydrogens is 230 g/mol. The number of aryl methyl sites for hydroxylation is 1. The molecule has 0 aliphatic carbocycles. The predicted molar refractivity (Wildman–Crippen MR) is 69.4 cm³/mol. The summed E-state index contributed by atoms with van der Waals surface area (Å²) in [5.74, 6) is 3.38. The Morgan fingerprint density at radius 2 is 2.29 bits per heavy atom. The first-order valence-electron chi connectivity index (χ1n) is 6.01. The van der Waals surface area contributed by atoms with Crippen molar-refractivity contribution in [1.29, 1.82) is 0 Å². The van der Waals surface area contributed by atoms with Crippen molar-refractivity contribution in [3.63, 3.8) is 0 Å². The quantitative estimate of drug-likeness (QED) is 0.903. The Bertz CT molecular complexity index is 521. The van der Waals surface area contributed by atoms with E-state index in [0.717, 1.165) is 30.2 Å². The highest BCUT2D eigenvalue weighted by molar-refractivity contribution is 7.99. The number of thioether (sulfide) groups is 1. The molecule has 0 fully saturated rings. The van der Waals surface area contributed by atoms with E-state index in [9.17, 15) is 0 Å². The van der Waals surface area contributed by atoms with E-state index in [1.807, 2.05) is 11.8 Å². The maximum absolute atomic E-state index is 4.60. The molecule has 3 nitrogen and oxygen atoms in total. The van der Waals surface area contributed by atoms with Gasteiger partial charge in [-0.1, -0.05) is 25.1 Å². The van der Waals surface area contributed by atoms with E-state index in [2.05, 4.69) is 46.4 Å². The van der Waals surface area contributed by atoms with Crippen LogP contribution in [0.3, 0.4) is 0 Å². The van der Waals surface area contributed by atoms with Crippen LogP contribution >= 0.6 is 11.8 Å². The molecule has 0 spiro atoms. The van der Waals surface area contributed by atoms with Crippen molar-refractivity contribution in [2.45, 2.75) is 30.6 Å². The molecule has 17 heavy (non-hydrogen) atoms. The van der Waals surface area contributed by atoms with Gasteiger partial charge in [0.05, 0.1) is 5.92 Å². The zero-order valence-corrected chi connectivity index (χ0v) is 10.6. The lowest BCUT2D eigenvalue weighted by molar-refractivity contribution is 0.831. The first kappa shape index (κ1) is 10.8. The maximum atomic E-state index is 4.60. The number of nitrogens with one attached hydrogen (secondary N) is 1. The van der Waals surface area contributed by atoms with Gasteiger partial charge in [0.1, 0.15) is 5.82 Å². The molecule has 4 heteroatoms. The summed E-state index contributed by atoms with van der Waals surface area (Å²) in [5.41, 5.74) is 1.37. The van der Waals surface area contributed by atoms with Gasteiger partial charge in [-0.2, -0.15) is 5.10 Å². The molecule has 0 amide bonds. The van der Waals surface area contributed by atoms with Crippen LogP contribution in [0.1, 0.15) is 36.5 Å². The summed E-state index contributed by atoms with van der Waals surface area (Å²) in [4.78, 5) is 5.98. The number of H-pyrrole nitrogens is 1. The highest BCUT2D eigenvalue weighted by Crippen LogP contribution is 2.41. The molecule has 2 heterocycles. The maximum Gasteiger partial charge on any atom is 0.159 e. The second-order valence-electron chi connectivity index (χ2n) is 4.29. The van der Waals surface area contributed by atoms with Crippen molar-refractivity contribution in [2.75, 3.05) is 5.75 Å². The Morgan fingerprint density at radius 1 is 1.41 bits per heavy atom. The summed E-state index contributed by atoms with van der Waals surface area (Å²) < 4.78 is 0. The molecule has 1 aliphatic heterocycles. The number of nitrogens with zero attached hydrogens (tertiary/aromatic N) is 2. The summed E-state index contributed by atoms with van der Waals surface area (Å²) >= 11 is 1.90. The molecule has 1 aliphatic rings. The van der Waals surface area contributed by atoms with Gasteiger partial charge >= 0.3 is 0 Å². The Balaban J connectivity index is 1.90. The summed E-state index contributed by atoms with van der Waals surface area (Å²) in [5, 5.41) is 7.41. The second-order valence-corrected chi connectivity index (χ2v) is 5.35. The number of hydrogen-bond acceptors (Lipinski definition) is 3. The molecule has 0 bridgehead atoms. The predicted octanol–water partition coefficient (Wildman–Crippen LogP) is 2.99. The zero-order chi connectivity index (χ0) is 11.7. The zero-order valence-electron chi connectivity index (χ0n) is 9.81. The highest BCUT2D eigenvalue weighted by Gasteiger charge is 2.27. The van der Waals surface area contributed by atoms with Crippen LogP contribution in [0.25, 0.3) is 0 Å². The fraction of sp³-hybridized carbons (Fsp3) is 0.385. The minimum Gasteiger partial charge on any atom is -0.263 e. The van der Waals surface area contributed by atoms with Crippen LogP contribution in [0.4, 0.5) is 0 Å². The van der Waals surface area contributed by atoms with E-state index in [1.54, 1.807) is 0 Å². The number of hydrogen-bond donors (Lipinski definition) is 1. The van der Waals surface area contributed by atoms with Gasteiger partial charge in [0.15, 0.2) is 5.82 Å². The van der Waals surface area contributed by atoms with E-state index < -0.39 is 0 Å². The van der Waals surface area contributed by atoms with Gasteiger partial charge in [-0.05, 0) is 18.1 Å². The second kappa shape index (κ2) is 4.53. The standard InChI is InChI=1S/C13H15N3S/c1-2-5-12-14-13(16-15-12)10-8-17-11-7-4-3-6-9(10)11/h3-4,6-7,10H,2,5,8H2,1H3,(H,14,15,16). The van der Waals surface area contributed by atoms with Crippen molar-refractivity contribution >= 4 is 11.8 Å². The molecule has 1 aromatic carbocycles. The van der Waals surface area contributed by atoms with Gasteiger partial charge in [0.2, 0.25) is 0 Å². The molecule has 3 rings (SSSR count). The largest absolute Gasteiger partial charge is 0.263 e. The van der Waals surface area contributed by atoms with Crippen LogP contribution in [-0.4, -0.2) is 20.9 Å². The van der Waals surface area contributed by atoms with Crippen molar-refractivity contribution in [2.24, 2.45) is 0 Å². The molecule has 1 N–H and O–H groups in total. The van der Waals surface area contributed by atoms with Crippen LogP contribution in [0.15, 0.2) is 29.2 Å². The number of rotatable bonds is 3. The highest BCUT2D eigenvalue weighted by atomic mass is 32.2. The van der Waals surface area contributed by atoms with Crippen LogP contribution in [0.2, 0.25) is 0 Å². The molecule has 88 valence electrons. The van der Waals surface area contributed by atoms with Crippen LogP contribution in [0.5, 0.6) is 0 Å². The van der Waals surface area contributed by atoms with Gasteiger partial charge in [0, 0.05) is 17.1 Å². The normalized spacial score (nSPS) is 18.3. The smallest absolute Gasteiger partial charge is 0.159 e. The molecule has 1 aromatic heterocycles. The topological polar surface area (TPSA) is 41.6 Å². The molecule has 0 saturated carbocycles. The summed E-state index contributed by atoms with van der Waals surface area (Å²) in [6, 6.07) is 8.56. The first-order valence-corrected chi connectivity index (χ1v) is 7.00. The molecule has 1 atom stereocenters. The SMILES string of the molecule is CCCc1nc(C2CSc3ccccc32)n[nH]1. The van der Waals surface area contributed by atoms with Crippen molar-refractivity contribution in [3.8, 4) is 0 Å². The van der Waals surface area contributed by atoms with Gasteiger partial charge in [-0.25, -0.2) is 4.98 Å². The summed E-state index contributed by atoms with van der Waals surface area (Å²) in [6.45, 7) is 2.16. The molecule has 0 saturated heterocycles. The number of aromatic amines is 1. The lowest BCUT2D eigenvalue weighted by Gasteiger charge is -2.04. The van der Waals surface area contributed by atoms with E-state index in [-0.39, 0.29) is 0 Å². The van der Waals surface area contributed by atoms with Crippen LogP contribution in [0, 0.1) is 0 Å². The van der Waals surface area contributed by atoms with E-state index in [0.29, 0.717) is 5.92 Å². The molecule has 1 unspecified atom stereocenters. The van der Waals surface area contributed by atoms with Crippen LogP contribution in [-0.2, 0) is 6.42 Å². The summed E-state index contributed by atoms with van der Waals surface area (Å²) in [7, 11) is 0. The molecular formula is C13H15N3S. The number of benzene rings is 1. The Hall–Kier alpha value is -1.29. The summed E-state index contributed by atoms with van der Waals surface area (Å²) in [6.07, 6.45) is 2.08. The average molecular weight is 245 g/mol. The monoisotopic (exact) mass is 245 g/mol. The third-order valence-electron chi connectivity index (χ3n) is 3.05. The third kappa shape index (κ3) is 1.97. The van der Waals surface area contributed by atoms with Gasteiger partial charge in [-0.3, -0.25) is 5.10 Å². The lowest BCUT2D eigenvalue weighted by Crippen LogP contribution is -2.01. The Kier molecular flexibility index (Phi) is 2.89. The molecule has 2 aromatic rings. The van der Waals surface area contributed by atoms with Crippen molar-refractivity contribution in [3.05, 3.63) is 41.5 Å². The van der Waals surface area contributed by atoms with Crippen LogP contribution < -0.4 is 0 Å². The van der Waals surface area contributed by atoms with E-state index >= 15 is 0 Å². The number of aromatic nitrogens is 3. The minimum absolute atomic E-state index is 0.359. The third-order valence-corrected chi connectivity index (χ3v) is 4.23. The van der Waals surface area contributed by atoms with Crippen molar-refractivity contribution in [1.82, 2.24) is 15.2 Å². The Labute approximate surface area is 105 Å². The fourth-order valence-corrected chi connectivity index (χ4v) is 3.42.